The number of carbonyl (C=O) groups excluding carboxylic acids is 3. The minimum atomic E-state index is -0.236. The Morgan fingerprint density at radius 2 is 1.87 bits per heavy atom. The van der Waals surface area contributed by atoms with E-state index >= 15 is 0 Å². The highest BCUT2D eigenvalue weighted by Gasteiger charge is 2.45. The Kier molecular flexibility index (Phi) is 6.09. The maximum Gasteiger partial charge on any atom is 0.236 e. The number of nitrogens with zero attached hydrogens (tertiary/aromatic N) is 2. The number of rotatable bonds is 4. The minimum absolute atomic E-state index is 0.00686. The van der Waals surface area contributed by atoms with Crippen LogP contribution in [0.25, 0.3) is 0 Å². The Morgan fingerprint density at radius 1 is 1.13 bits per heavy atom. The van der Waals surface area contributed by atoms with Crippen LogP contribution in [0.4, 0.5) is 5.69 Å². The molecule has 1 aromatic carbocycles. The van der Waals surface area contributed by atoms with Gasteiger partial charge in [-0.15, -0.1) is 0 Å². The lowest BCUT2D eigenvalue weighted by molar-refractivity contribution is -0.139. The van der Waals surface area contributed by atoms with Gasteiger partial charge in [-0.2, -0.15) is 0 Å². The Labute approximate surface area is 178 Å². The zero-order chi connectivity index (χ0) is 21.1. The maximum atomic E-state index is 12.7. The number of likely N-dealkylation sites (tertiary alicyclic amines) is 2. The van der Waals surface area contributed by atoms with Crippen LogP contribution in [0.3, 0.4) is 0 Å². The SMILES string of the molecule is Cc1cccc(NC(=O)C2CCN(CC(=O)N3CCC4(CCNC4=O)CC3)CC2)c1. The zero-order valence-electron chi connectivity index (χ0n) is 17.8. The molecule has 4 rings (SSSR count). The summed E-state index contributed by atoms with van der Waals surface area (Å²) in [5.41, 5.74) is 1.73. The van der Waals surface area contributed by atoms with Gasteiger partial charge < -0.3 is 15.5 Å². The molecule has 3 aliphatic heterocycles. The summed E-state index contributed by atoms with van der Waals surface area (Å²) in [6, 6.07) is 7.84. The topological polar surface area (TPSA) is 81.8 Å². The smallest absolute Gasteiger partial charge is 0.236 e. The standard InChI is InChI=1S/C23H32N4O3/c1-17-3-2-4-19(15-17)25-21(29)18-5-11-26(12-6-18)16-20(28)27-13-8-23(9-14-27)7-10-24-22(23)30/h2-4,15,18H,5-14,16H2,1H3,(H,24,30)(H,25,29). The van der Waals surface area contributed by atoms with Crippen molar-refractivity contribution in [1.29, 1.82) is 0 Å². The molecule has 0 aromatic heterocycles. The Morgan fingerprint density at radius 3 is 2.50 bits per heavy atom. The van der Waals surface area contributed by atoms with Crippen molar-refractivity contribution in [1.82, 2.24) is 15.1 Å². The molecule has 3 amide bonds. The van der Waals surface area contributed by atoms with Gasteiger partial charge >= 0.3 is 0 Å². The average Bonchev–Trinajstić information content (AvgIpc) is 3.08. The summed E-state index contributed by atoms with van der Waals surface area (Å²) >= 11 is 0. The third-order valence-corrected chi connectivity index (χ3v) is 7.05. The van der Waals surface area contributed by atoms with Gasteiger partial charge in [0.05, 0.1) is 12.0 Å². The van der Waals surface area contributed by atoms with Crippen LogP contribution >= 0.6 is 0 Å². The van der Waals surface area contributed by atoms with Crippen molar-refractivity contribution in [2.45, 2.75) is 39.0 Å². The fourth-order valence-electron chi connectivity index (χ4n) is 4.99. The second-order valence-corrected chi connectivity index (χ2v) is 9.08. The van der Waals surface area contributed by atoms with Gasteiger partial charge in [-0.1, -0.05) is 12.1 Å². The van der Waals surface area contributed by atoms with Crippen molar-refractivity contribution >= 4 is 23.4 Å². The molecule has 7 nitrogen and oxygen atoms in total. The molecule has 0 radical (unpaired) electrons. The maximum absolute atomic E-state index is 12.7. The van der Waals surface area contributed by atoms with Gasteiger partial charge in [0.25, 0.3) is 0 Å². The lowest BCUT2D eigenvalue weighted by Gasteiger charge is -2.38. The van der Waals surface area contributed by atoms with Gasteiger partial charge in [-0.25, -0.2) is 0 Å². The summed E-state index contributed by atoms with van der Waals surface area (Å²) in [6.45, 7) is 6.04. The molecule has 0 saturated carbocycles. The predicted octanol–water partition coefficient (Wildman–Crippen LogP) is 1.77. The number of hydrogen-bond donors (Lipinski definition) is 2. The number of nitrogens with one attached hydrogen (secondary N) is 2. The molecule has 3 saturated heterocycles. The minimum Gasteiger partial charge on any atom is -0.356 e. The first kappa shape index (κ1) is 20.8. The van der Waals surface area contributed by atoms with Crippen molar-refractivity contribution < 1.29 is 14.4 Å². The Hall–Kier alpha value is -2.41. The molecular formula is C23H32N4O3. The summed E-state index contributed by atoms with van der Waals surface area (Å²) in [4.78, 5) is 41.5. The van der Waals surface area contributed by atoms with Crippen LogP contribution in [0.15, 0.2) is 24.3 Å². The van der Waals surface area contributed by atoms with Crippen LogP contribution in [0, 0.1) is 18.3 Å². The van der Waals surface area contributed by atoms with Gasteiger partial charge in [0.15, 0.2) is 0 Å². The number of piperidine rings is 2. The highest BCUT2D eigenvalue weighted by molar-refractivity contribution is 5.92. The lowest BCUT2D eigenvalue weighted by atomic mass is 9.77. The van der Waals surface area contributed by atoms with Crippen molar-refractivity contribution in [3.63, 3.8) is 0 Å². The molecule has 3 aliphatic rings. The van der Waals surface area contributed by atoms with E-state index in [2.05, 4.69) is 15.5 Å². The molecule has 0 bridgehead atoms. The number of amides is 3. The van der Waals surface area contributed by atoms with Gasteiger partial charge in [0.2, 0.25) is 17.7 Å². The monoisotopic (exact) mass is 412 g/mol. The average molecular weight is 413 g/mol. The molecule has 0 atom stereocenters. The van der Waals surface area contributed by atoms with Gasteiger partial charge in [-0.3, -0.25) is 19.3 Å². The molecule has 1 spiro atoms. The zero-order valence-corrected chi connectivity index (χ0v) is 17.8. The molecule has 7 heteroatoms. The van der Waals surface area contributed by atoms with Gasteiger partial charge in [0, 0.05) is 31.2 Å². The number of carbonyl (C=O) groups is 3. The van der Waals surface area contributed by atoms with Crippen LogP contribution in [0.5, 0.6) is 0 Å². The molecule has 0 unspecified atom stereocenters. The van der Waals surface area contributed by atoms with E-state index in [1.165, 1.54) is 0 Å². The van der Waals surface area contributed by atoms with E-state index in [4.69, 9.17) is 0 Å². The highest BCUT2D eigenvalue weighted by Crippen LogP contribution is 2.38. The van der Waals surface area contributed by atoms with E-state index in [0.717, 1.165) is 63.0 Å². The molecule has 3 heterocycles. The van der Waals surface area contributed by atoms with Gasteiger partial charge in [0.1, 0.15) is 0 Å². The summed E-state index contributed by atoms with van der Waals surface area (Å²) in [6.07, 6.45) is 3.98. The summed E-state index contributed by atoms with van der Waals surface area (Å²) in [7, 11) is 0. The third-order valence-electron chi connectivity index (χ3n) is 7.05. The van der Waals surface area contributed by atoms with Crippen molar-refractivity contribution in [2.24, 2.45) is 11.3 Å². The van der Waals surface area contributed by atoms with Crippen molar-refractivity contribution in [2.75, 3.05) is 44.6 Å². The lowest BCUT2D eigenvalue weighted by Crippen LogP contribution is -2.50. The number of benzene rings is 1. The number of aryl methyl sites for hydroxylation is 1. The molecular weight excluding hydrogens is 380 g/mol. The van der Waals surface area contributed by atoms with E-state index in [-0.39, 0.29) is 29.1 Å². The van der Waals surface area contributed by atoms with Crippen LogP contribution in [-0.4, -0.2) is 66.8 Å². The first-order valence-corrected chi connectivity index (χ1v) is 11.1. The molecule has 30 heavy (non-hydrogen) atoms. The molecule has 162 valence electrons. The van der Waals surface area contributed by atoms with Gasteiger partial charge in [-0.05, 0) is 69.8 Å². The van der Waals surface area contributed by atoms with Crippen molar-refractivity contribution in [3.8, 4) is 0 Å². The normalized spacial score (nSPS) is 22.2. The first-order valence-electron chi connectivity index (χ1n) is 11.1. The molecule has 2 N–H and O–H groups in total. The first-order chi connectivity index (χ1) is 14.4. The molecule has 0 aliphatic carbocycles. The molecule has 3 fully saturated rings. The van der Waals surface area contributed by atoms with Crippen LogP contribution in [0.1, 0.15) is 37.7 Å². The Bertz CT molecular complexity index is 808. The van der Waals surface area contributed by atoms with E-state index in [9.17, 15) is 14.4 Å². The third kappa shape index (κ3) is 4.51. The fraction of sp³-hybridized carbons (Fsp3) is 0.609. The molecule has 1 aromatic rings. The number of hydrogen-bond acceptors (Lipinski definition) is 4. The second-order valence-electron chi connectivity index (χ2n) is 9.08. The van der Waals surface area contributed by atoms with E-state index in [1.807, 2.05) is 36.1 Å². The van der Waals surface area contributed by atoms with E-state index < -0.39 is 0 Å². The van der Waals surface area contributed by atoms with Crippen LogP contribution in [-0.2, 0) is 14.4 Å². The predicted molar refractivity (Wildman–Crippen MR) is 115 cm³/mol. The summed E-state index contributed by atoms with van der Waals surface area (Å²) in [5.74, 6) is 0.377. The van der Waals surface area contributed by atoms with Crippen LogP contribution < -0.4 is 10.6 Å². The summed E-state index contributed by atoms with van der Waals surface area (Å²) in [5, 5.41) is 5.96. The largest absolute Gasteiger partial charge is 0.356 e. The highest BCUT2D eigenvalue weighted by atomic mass is 16.2. The fourth-order valence-corrected chi connectivity index (χ4v) is 4.99. The van der Waals surface area contributed by atoms with E-state index in [1.54, 1.807) is 0 Å². The Balaban J connectivity index is 1.20. The number of anilines is 1. The van der Waals surface area contributed by atoms with E-state index in [0.29, 0.717) is 19.6 Å². The quantitative estimate of drug-likeness (QED) is 0.790. The summed E-state index contributed by atoms with van der Waals surface area (Å²) < 4.78 is 0. The van der Waals surface area contributed by atoms with Crippen molar-refractivity contribution in [3.05, 3.63) is 29.8 Å². The second kappa shape index (κ2) is 8.76. The van der Waals surface area contributed by atoms with Crippen LogP contribution in [0.2, 0.25) is 0 Å².